The first-order chi connectivity index (χ1) is 28.5. The number of amides is 2. The van der Waals surface area contributed by atoms with Crippen LogP contribution in [0.2, 0.25) is 0 Å². The zero-order chi connectivity index (χ0) is 42.8. The molecule has 4 aromatic rings. The van der Waals surface area contributed by atoms with Gasteiger partial charge < -0.3 is 29.2 Å². The molecule has 322 valence electrons. The van der Waals surface area contributed by atoms with E-state index in [1.807, 2.05) is 99.5 Å². The lowest BCUT2D eigenvalue weighted by atomic mass is 9.89. The monoisotopic (exact) mass is 832 g/mol. The topological polar surface area (TPSA) is 134 Å². The minimum absolute atomic E-state index is 0.0326. The molecule has 15 heteroatoms. The standard InChI is InChI=1S/C45H55F3N6O6/c1-6-12-30-20-32(23-49-22-30)37-24-50-42(59-37)43(2,3)53-18-17-52(35(26-53)40(56)51-28-45(46,47)48)25-33(55)21-31(19-29-13-8-7-9-14-29)41(57)54-39-34-15-10-11-16-36(34)58-27-38(39)60-44(54,4)5/h7-11,13-16,20,22-24,31,33,35,38-39,55H,6,12,17-19,21,25-28H2,1-5H3,(H,51,56)/t31-,33+,35+,38-,39+/m1/s1. The van der Waals surface area contributed by atoms with Gasteiger partial charge in [0.15, 0.2) is 5.76 Å². The number of aryl methyl sites for hydroxylation is 1. The molecular formula is C45H55F3N6O6. The third kappa shape index (κ3) is 9.54. The van der Waals surface area contributed by atoms with E-state index in [1.165, 1.54) is 0 Å². The first kappa shape index (κ1) is 43.3. The number of alkyl halides is 3. The molecule has 3 aliphatic heterocycles. The number of hydrogen-bond donors (Lipinski definition) is 2. The Morgan fingerprint density at radius 1 is 1.02 bits per heavy atom. The number of fused-ring (bicyclic) bond motifs is 3. The van der Waals surface area contributed by atoms with Crippen LogP contribution in [0.1, 0.15) is 76.1 Å². The molecule has 2 N–H and O–H groups in total. The summed E-state index contributed by atoms with van der Waals surface area (Å²) in [5.41, 5.74) is 1.75. The molecule has 2 amide bonds. The van der Waals surface area contributed by atoms with Crippen molar-refractivity contribution in [1.82, 2.24) is 30.0 Å². The highest BCUT2D eigenvalue weighted by Gasteiger charge is 2.54. The normalized spacial score (nSPS) is 21.8. The van der Waals surface area contributed by atoms with E-state index in [0.717, 1.165) is 35.1 Å². The number of pyridine rings is 1. The third-order valence-electron chi connectivity index (χ3n) is 11.9. The van der Waals surface area contributed by atoms with Gasteiger partial charge in [-0.3, -0.25) is 24.4 Å². The highest BCUT2D eigenvalue weighted by atomic mass is 19.4. The summed E-state index contributed by atoms with van der Waals surface area (Å²) in [5.74, 6) is -0.113. The summed E-state index contributed by atoms with van der Waals surface area (Å²) in [4.78, 5) is 43.0. The predicted octanol–water partition coefficient (Wildman–Crippen LogP) is 6.30. The number of para-hydroxylation sites is 1. The summed E-state index contributed by atoms with van der Waals surface area (Å²) >= 11 is 0. The molecule has 5 heterocycles. The van der Waals surface area contributed by atoms with E-state index in [1.54, 1.807) is 22.2 Å². The van der Waals surface area contributed by atoms with E-state index in [2.05, 4.69) is 22.2 Å². The fraction of sp³-hybridized carbons (Fsp3) is 0.511. The number of β-amino-alcohol motifs (C(OH)–C–C–N with tert-alkyl or cyclic N) is 1. The number of hydrogen-bond acceptors (Lipinski definition) is 10. The van der Waals surface area contributed by atoms with Gasteiger partial charge in [0.2, 0.25) is 17.7 Å². The number of ether oxygens (including phenoxy) is 2. The maximum atomic E-state index is 14.9. The molecular weight excluding hydrogens is 778 g/mol. The molecule has 2 aromatic carbocycles. The largest absolute Gasteiger partial charge is 0.490 e. The number of benzene rings is 2. The van der Waals surface area contributed by atoms with Crippen molar-refractivity contribution < 1.29 is 41.8 Å². The van der Waals surface area contributed by atoms with E-state index >= 15 is 0 Å². The summed E-state index contributed by atoms with van der Waals surface area (Å²) in [6.07, 6.45) is 1.22. The molecule has 7 rings (SSSR count). The molecule has 5 atom stereocenters. The number of carbonyl (C=O) groups excluding carboxylic acids is 2. The number of oxazole rings is 1. The predicted molar refractivity (Wildman–Crippen MR) is 217 cm³/mol. The number of piperazine rings is 1. The fourth-order valence-corrected chi connectivity index (χ4v) is 8.90. The molecule has 0 aliphatic carbocycles. The maximum absolute atomic E-state index is 14.9. The molecule has 2 aromatic heterocycles. The molecule has 0 unspecified atom stereocenters. The van der Waals surface area contributed by atoms with E-state index in [4.69, 9.17) is 13.9 Å². The summed E-state index contributed by atoms with van der Waals surface area (Å²) in [5, 5.41) is 13.9. The van der Waals surface area contributed by atoms with E-state index < -0.39 is 60.1 Å². The summed E-state index contributed by atoms with van der Waals surface area (Å²) in [7, 11) is 0. The van der Waals surface area contributed by atoms with Crippen molar-refractivity contribution in [1.29, 1.82) is 0 Å². The van der Waals surface area contributed by atoms with Crippen molar-refractivity contribution in [3.05, 3.63) is 102 Å². The molecule has 12 nitrogen and oxygen atoms in total. The van der Waals surface area contributed by atoms with Crippen LogP contribution in [0, 0.1) is 5.92 Å². The molecule has 3 aliphatic rings. The smallest absolute Gasteiger partial charge is 0.405 e. The van der Waals surface area contributed by atoms with E-state index in [9.17, 15) is 27.9 Å². The third-order valence-corrected chi connectivity index (χ3v) is 11.9. The van der Waals surface area contributed by atoms with Crippen LogP contribution in [-0.4, -0.2) is 111 Å². The SMILES string of the molecule is CCCc1cncc(-c2cnc(C(C)(C)N3CCN(C[C@@H](O)C[C@@H](Cc4ccccc4)C(=O)N4[C@H]5c6ccccc6OC[C@H]5OC4(C)C)[C@H](C(=O)NCC(F)(F)F)C3)o2)c1. The van der Waals surface area contributed by atoms with Gasteiger partial charge in [0.1, 0.15) is 36.8 Å². The van der Waals surface area contributed by atoms with Gasteiger partial charge in [0.05, 0.1) is 23.9 Å². The van der Waals surface area contributed by atoms with Gasteiger partial charge in [-0.2, -0.15) is 13.2 Å². The van der Waals surface area contributed by atoms with Gasteiger partial charge in [-0.25, -0.2) is 4.98 Å². The average molecular weight is 833 g/mol. The van der Waals surface area contributed by atoms with Crippen molar-refractivity contribution in [2.45, 2.75) is 102 Å². The zero-order valence-corrected chi connectivity index (χ0v) is 34.8. The second kappa shape index (κ2) is 17.6. The Balaban J connectivity index is 1.11. The second-order valence-electron chi connectivity index (χ2n) is 17.1. The minimum atomic E-state index is -4.62. The van der Waals surface area contributed by atoms with Gasteiger partial charge in [-0.15, -0.1) is 0 Å². The summed E-state index contributed by atoms with van der Waals surface area (Å²) in [6, 6.07) is 17.7. The maximum Gasteiger partial charge on any atom is 0.405 e. The lowest BCUT2D eigenvalue weighted by Gasteiger charge is -2.46. The summed E-state index contributed by atoms with van der Waals surface area (Å²) < 4.78 is 58.9. The molecule has 0 radical (unpaired) electrons. The number of aromatic nitrogens is 2. The van der Waals surface area contributed by atoms with Crippen LogP contribution < -0.4 is 10.1 Å². The van der Waals surface area contributed by atoms with Gasteiger partial charge in [-0.05, 0) is 70.2 Å². The van der Waals surface area contributed by atoms with Crippen LogP contribution in [-0.2, 0) is 32.7 Å². The van der Waals surface area contributed by atoms with Crippen LogP contribution >= 0.6 is 0 Å². The Morgan fingerprint density at radius 3 is 2.52 bits per heavy atom. The quantitative estimate of drug-likeness (QED) is 0.149. The van der Waals surface area contributed by atoms with Crippen LogP contribution in [0.15, 0.2) is 83.7 Å². The number of rotatable bonds is 14. The van der Waals surface area contributed by atoms with Crippen LogP contribution in [0.4, 0.5) is 13.2 Å². The zero-order valence-electron chi connectivity index (χ0n) is 34.8. The first-order valence-corrected chi connectivity index (χ1v) is 20.7. The van der Waals surface area contributed by atoms with Gasteiger partial charge in [-0.1, -0.05) is 61.9 Å². The molecule has 0 saturated carbocycles. The van der Waals surface area contributed by atoms with Crippen LogP contribution in [0.25, 0.3) is 11.3 Å². The fourth-order valence-electron chi connectivity index (χ4n) is 8.90. The second-order valence-corrected chi connectivity index (χ2v) is 17.1. The van der Waals surface area contributed by atoms with Gasteiger partial charge in [0.25, 0.3) is 0 Å². The Bertz CT molecular complexity index is 2110. The van der Waals surface area contributed by atoms with Crippen LogP contribution in [0.5, 0.6) is 5.75 Å². The number of nitrogens with zero attached hydrogens (tertiary/aromatic N) is 5. The number of halogens is 3. The first-order valence-electron chi connectivity index (χ1n) is 20.7. The number of carbonyl (C=O) groups is 2. The lowest BCUT2D eigenvalue weighted by Crippen LogP contribution is -2.63. The number of aliphatic hydroxyl groups is 1. The summed E-state index contributed by atoms with van der Waals surface area (Å²) in [6.45, 7) is 9.00. The van der Waals surface area contributed by atoms with E-state index in [-0.39, 0.29) is 38.6 Å². The molecule has 0 spiro atoms. The molecule has 0 bridgehead atoms. The van der Waals surface area contributed by atoms with Crippen LogP contribution in [0.3, 0.4) is 0 Å². The Labute approximate surface area is 349 Å². The molecule has 2 fully saturated rings. The number of nitrogens with one attached hydrogen (secondary N) is 1. The number of aliphatic hydroxyl groups excluding tert-OH is 1. The highest BCUT2D eigenvalue weighted by molar-refractivity contribution is 5.82. The minimum Gasteiger partial charge on any atom is -0.490 e. The van der Waals surface area contributed by atoms with Crippen molar-refractivity contribution in [3.8, 4) is 17.1 Å². The van der Waals surface area contributed by atoms with Gasteiger partial charge in [0, 0.05) is 55.6 Å². The Morgan fingerprint density at radius 2 is 1.77 bits per heavy atom. The Kier molecular flexibility index (Phi) is 12.7. The molecule has 60 heavy (non-hydrogen) atoms. The molecule has 2 saturated heterocycles. The van der Waals surface area contributed by atoms with Crippen molar-refractivity contribution in [2.24, 2.45) is 5.92 Å². The van der Waals surface area contributed by atoms with E-state index in [0.29, 0.717) is 30.4 Å². The van der Waals surface area contributed by atoms with Crippen molar-refractivity contribution in [2.75, 3.05) is 39.3 Å². The van der Waals surface area contributed by atoms with Crippen molar-refractivity contribution in [3.63, 3.8) is 0 Å². The average Bonchev–Trinajstić information content (AvgIpc) is 3.83. The Hall–Kier alpha value is -4.83. The van der Waals surface area contributed by atoms with Gasteiger partial charge >= 0.3 is 6.18 Å². The lowest BCUT2D eigenvalue weighted by molar-refractivity contribution is -0.153. The van der Waals surface area contributed by atoms with Crippen molar-refractivity contribution >= 4 is 11.8 Å². The highest BCUT2D eigenvalue weighted by Crippen LogP contribution is 2.48.